The van der Waals surface area contributed by atoms with Gasteiger partial charge in [-0.3, -0.25) is 9.79 Å². The van der Waals surface area contributed by atoms with Crippen molar-refractivity contribution in [2.24, 2.45) is 4.99 Å². The first-order chi connectivity index (χ1) is 14.1. The lowest BCUT2D eigenvalue weighted by molar-refractivity contribution is -0.142. The standard InChI is InChI=1S/C22H31FN4O2/c1-2-24-21(25-16-22(8-9-22)17-5-3-6-18(23)15-17)27-12-10-26(11-13-27)20(28)19-7-4-14-29-19/h3,5-6,15,19H,2,4,7-14,16H2,1H3,(H,24,25). The number of amides is 1. The lowest BCUT2D eigenvalue weighted by Crippen LogP contribution is -2.55. The zero-order valence-corrected chi connectivity index (χ0v) is 17.2. The van der Waals surface area contributed by atoms with Gasteiger partial charge in [0.05, 0.1) is 6.54 Å². The summed E-state index contributed by atoms with van der Waals surface area (Å²) in [6.45, 7) is 7.12. The van der Waals surface area contributed by atoms with Crippen LogP contribution in [0.25, 0.3) is 0 Å². The van der Waals surface area contributed by atoms with E-state index in [4.69, 9.17) is 9.73 Å². The molecule has 1 saturated carbocycles. The van der Waals surface area contributed by atoms with E-state index < -0.39 is 0 Å². The summed E-state index contributed by atoms with van der Waals surface area (Å²) < 4.78 is 19.2. The third kappa shape index (κ3) is 4.55. The van der Waals surface area contributed by atoms with Crippen LogP contribution in [0.15, 0.2) is 29.3 Å². The Morgan fingerprint density at radius 3 is 2.66 bits per heavy atom. The average Bonchev–Trinajstić information content (AvgIpc) is 3.34. The van der Waals surface area contributed by atoms with Crippen LogP contribution in [0.2, 0.25) is 0 Å². The average molecular weight is 403 g/mol. The molecular formula is C22H31FN4O2. The van der Waals surface area contributed by atoms with Crippen LogP contribution >= 0.6 is 0 Å². The molecule has 2 aliphatic heterocycles. The summed E-state index contributed by atoms with van der Waals surface area (Å²) in [4.78, 5) is 21.6. The van der Waals surface area contributed by atoms with Crippen LogP contribution in [0.5, 0.6) is 0 Å². The van der Waals surface area contributed by atoms with E-state index in [0.29, 0.717) is 26.2 Å². The number of benzene rings is 1. The SMILES string of the molecule is CCNC(=NCC1(c2cccc(F)c2)CC1)N1CCN(C(=O)C2CCCO2)CC1. The maximum atomic E-state index is 13.7. The van der Waals surface area contributed by atoms with Crippen molar-refractivity contribution in [3.63, 3.8) is 0 Å². The maximum absolute atomic E-state index is 13.7. The van der Waals surface area contributed by atoms with Gasteiger partial charge in [0, 0.05) is 44.7 Å². The van der Waals surface area contributed by atoms with Gasteiger partial charge in [-0.25, -0.2) is 4.39 Å². The fraction of sp³-hybridized carbons (Fsp3) is 0.636. The van der Waals surface area contributed by atoms with Gasteiger partial charge in [0.1, 0.15) is 11.9 Å². The molecule has 158 valence electrons. The molecule has 1 aliphatic carbocycles. The monoisotopic (exact) mass is 402 g/mol. The second-order valence-electron chi connectivity index (χ2n) is 8.27. The number of hydrogen-bond donors (Lipinski definition) is 1. The summed E-state index contributed by atoms with van der Waals surface area (Å²) in [5.41, 5.74) is 1.02. The van der Waals surface area contributed by atoms with Gasteiger partial charge in [0.25, 0.3) is 5.91 Å². The van der Waals surface area contributed by atoms with Crippen LogP contribution in [-0.2, 0) is 14.9 Å². The predicted octanol–water partition coefficient (Wildman–Crippen LogP) is 2.15. The summed E-state index contributed by atoms with van der Waals surface area (Å²) in [7, 11) is 0. The number of halogens is 1. The number of aliphatic imine (C=N–C) groups is 1. The van der Waals surface area contributed by atoms with E-state index in [1.807, 2.05) is 11.0 Å². The molecule has 1 aromatic rings. The number of nitrogens with zero attached hydrogens (tertiary/aromatic N) is 3. The summed E-state index contributed by atoms with van der Waals surface area (Å²) in [6.07, 6.45) is 3.65. The number of carbonyl (C=O) groups is 1. The molecule has 2 saturated heterocycles. The number of rotatable bonds is 5. The Balaban J connectivity index is 1.37. The number of nitrogens with one attached hydrogen (secondary N) is 1. The first-order valence-corrected chi connectivity index (χ1v) is 10.8. The number of guanidine groups is 1. The van der Waals surface area contributed by atoms with Gasteiger partial charge in [-0.05, 0) is 50.3 Å². The molecule has 6 nitrogen and oxygen atoms in total. The zero-order chi connectivity index (χ0) is 20.3. The fourth-order valence-corrected chi connectivity index (χ4v) is 4.27. The first kappa shape index (κ1) is 20.1. The smallest absolute Gasteiger partial charge is 0.251 e. The number of carbonyl (C=O) groups excluding carboxylic acids is 1. The lowest BCUT2D eigenvalue weighted by atomic mass is 9.96. The minimum atomic E-state index is -0.246. The van der Waals surface area contributed by atoms with Crippen molar-refractivity contribution in [1.29, 1.82) is 0 Å². The topological polar surface area (TPSA) is 57.2 Å². The van der Waals surface area contributed by atoms with E-state index in [1.165, 1.54) is 6.07 Å². The molecule has 0 spiro atoms. The van der Waals surface area contributed by atoms with Gasteiger partial charge in [0.2, 0.25) is 0 Å². The lowest BCUT2D eigenvalue weighted by Gasteiger charge is -2.37. The van der Waals surface area contributed by atoms with Gasteiger partial charge in [-0.15, -0.1) is 0 Å². The molecule has 0 aromatic heterocycles. The minimum absolute atomic E-state index is 0.0274. The third-order valence-corrected chi connectivity index (χ3v) is 6.25. The molecule has 2 heterocycles. The Hall–Kier alpha value is -2.15. The van der Waals surface area contributed by atoms with E-state index in [-0.39, 0.29) is 23.2 Å². The molecular weight excluding hydrogens is 371 g/mol. The molecule has 1 amide bonds. The predicted molar refractivity (Wildman–Crippen MR) is 110 cm³/mol. The van der Waals surface area contributed by atoms with Crippen LogP contribution in [0.4, 0.5) is 4.39 Å². The molecule has 1 atom stereocenters. The number of piperazine rings is 1. The summed E-state index contributed by atoms with van der Waals surface area (Å²) in [5.74, 6) is 0.836. The highest BCUT2D eigenvalue weighted by Crippen LogP contribution is 2.48. The number of ether oxygens (including phenoxy) is 1. The first-order valence-electron chi connectivity index (χ1n) is 10.8. The van der Waals surface area contributed by atoms with Gasteiger partial charge < -0.3 is 19.9 Å². The van der Waals surface area contributed by atoms with Crippen molar-refractivity contribution in [2.75, 3.05) is 45.9 Å². The molecule has 1 unspecified atom stereocenters. The molecule has 7 heteroatoms. The molecule has 1 aromatic carbocycles. The normalized spacial score (nSPS) is 23.9. The zero-order valence-electron chi connectivity index (χ0n) is 17.2. The molecule has 3 aliphatic rings. The van der Waals surface area contributed by atoms with Crippen molar-refractivity contribution in [1.82, 2.24) is 15.1 Å². The summed E-state index contributed by atoms with van der Waals surface area (Å²) >= 11 is 0. The van der Waals surface area contributed by atoms with E-state index in [1.54, 1.807) is 12.1 Å². The quantitative estimate of drug-likeness (QED) is 0.606. The van der Waals surface area contributed by atoms with Gasteiger partial charge in [0.15, 0.2) is 5.96 Å². The van der Waals surface area contributed by atoms with Crippen LogP contribution in [0, 0.1) is 5.82 Å². The van der Waals surface area contributed by atoms with E-state index in [2.05, 4.69) is 17.1 Å². The molecule has 0 radical (unpaired) electrons. The number of hydrogen-bond acceptors (Lipinski definition) is 3. The Kier molecular flexibility index (Phi) is 6.04. The Bertz CT molecular complexity index is 751. The molecule has 1 N–H and O–H groups in total. The van der Waals surface area contributed by atoms with E-state index in [0.717, 1.165) is 56.8 Å². The van der Waals surface area contributed by atoms with E-state index in [9.17, 15) is 9.18 Å². The Morgan fingerprint density at radius 1 is 1.28 bits per heavy atom. The van der Waals surface area contributed by atoms with Gasteiger partial charge >= 0.3 is 0 Å². The maximum Gasteiger partial charge on any atom is 0.251 e. The summed E-state index contributed by atoms with van der Waals surface area (Å²) in [5, 5.41) is 3.39. The fourth-order valence-electron chi connectivity index (χ4n) is 4.27. The van der Waals surface area contributed by atoms with Crippen molar-refractivity contribution in [3.8, 4) is 0 Å². The van der Waals surface area contributed by atoms with Crippen LogP contribution in [0.1, 0.15) is 38.2 Å². The minimum Gasteiger partial charge on any atom is -0.368 e. The van der Waals surface area contributed by atoms with E-state index >= 15 is 0 Å². The van der Waals surface area contributed by atoms with Crippen molar-refractivity contribution < 1.29 is 13.9 Å². The van der Waals surface area contributed by atoms with Gasteiger partial charge in [-0.2, -0.15) is 0 Å². The third-order valence-electron chi connectivity index (χ3n) is 6.25. The highest BCUT2D eigenvalue weighted by atomic mass is 19.1. The largest absolute Gasteiger partial charge is 0.368 e. The highest BCUT2D eigenvalue weighted by molar-refractivity contribution is 5.83. The Morgan fingerprint density at radius 2 is 2.03 bits per heavy atom. The molecule has 4 rings (SSSR count). The second kappa shape index (κ2) is 8.69. The van der Waals surface area contributed by atoms with Gasteiger partial charge in [-0.1, -0.05) is 12.1 Å². The molecule has 0 bridgehead atoms. The highest BCUT2D eigenvalue weighted by Gasteiger charge is 2.44. The van der Waals surface area contributed by atoms with Crippen molar-refractivity contribution in [3.05, 3.63) is 35.6 Å². The van der Waals surface area contributed by atoms with Crippen molar-refractivity contribution in [2.45, 2.75) is 44.1 Å². The molecule has 3 fully saturated rings. The second-order valence-corrected chi connectivity index (χ2v) is 8.27. The van der Waals surface area contributed by atoms with Crippen molar-refractivity contribution >= 4 is 11.9 Å². The van der Waals surface area contributed by atoms with Crippen LogP contribution < -0.4 is 5.32 Å². The van der Waals surface area contributed by atoms with Crippen LogP contribution in [0.3, 0.4) is 0 Å². The van der Waals surface area contributed by atoms with Crippen LogP contribution in [-0.4, -0.2) is 73.6 Å². The molecule has 29 heavy (non-hydrogen) atoms. The Labute approximate surface area is 172 Å². The summed E-state index contributed by atoms with van der Waals surface area (Å²) in [6, 6.07) is 6.92.